The molecule has 1 aliphatic heterocycles. The van der Waals surface area contributed by atoms with Crippen LogP contribution in [0.3, 0.4) is 0 Å². The number of thiocarbonyl (C=S) groups is 1. The van der Waals surface area contributed by atoms with Gasteiger partial charge < -0.3 is 24.3 Å². The summed E-state index contributed by atoms with van der Waals surface area (Å²) in [4.78, 5) is 6.51. The lowest BCUT2D eigenvalue weighted by atomic mass is 9.96. The lowest BCUT2D eigenvalue weighted by Crippen LogP contribution is -2.30. The third kappa shape index (κ3) is 4.69. The van der Waals surface area contributed by atoms with Crippen LogP contribution in [0, 0.1) is 13.8 Å². The second-order valence-corrected chi connectivity index (χ2v) is 9.60. The average Bonchev–Trinajstić information content (AvgIpc) is 3.42. The van der Waals surface area contributed by atoms with Gasteiger partial charge in [-0.25, -0.2) is 0 Å². The molecule has 0 radical (unpaired) electrons. The molecule has 2 aromatic carbocycles. The van der Waals surface area contributed by atoms with Gasteiger partial charge in [-0.1, -0.05) is 18.2 Å². The Morgan fingerprint density at radius 3 is 2.33 bits per heavy atom. The zero-order chi connectivity index (χ0) is 27.9. The highest BCUT2D eigenvalue weighted by Gasteiger charge is 2.44. The highest BCUT2D eigenvalue weighted by Crippen LogP contribution is 2.47. The standard InChI is InChI=1S/C29H27F3N4O2S/c1-17-15-20(18(2)35(17)23-11-6-5-9-21(23)29(30,31)32)27-26(22-10-7-8-14-33-22)34-28(39)36(27)24-16-19(37-3)12-13-25(24)38-4/h5-16,26-27H,1-4H3,(H,34,39)/t26-,27+/m0/s1. The van der Waals surface area contributed by atoms with E-state index in [0.29, 0.717) is 33.7 Å². The van der Waals surface area contributed by atoms with Crippen molar-refractivity contribution in [2.75, 3.05) is 19.1 Å². The summed E-state index contributed by atoms with van der Waals surface area (Å²) >= 11 is 5.84. The van der Waals surface area contributed by atoms with Crippen molar-refractivity contribution in [3.63, 3.8) is 0 Å². The maximum absolute atomic E-state index is 14.0. The Morgan fingerprint density at radius 1 is 0.923 bits per heavy atom. The third-order valence-corrected chi connectivity index (χ3v) is 7.30. The molecule has 1 N–H and O–H groups in total. The van der Waals surface area contributed by atoms with Crippen LogP contribution in [0.5, 0.6) is 11.5 Å². The van der Waals surface area contributed by atoms with Crippen LogP contribution in [0.1, 0.15) is 40.3 Å². The van der Waals surface area contributed by atoms with Crippen LogP contribution in [0.25, 0.3) is 5.69 Å². The number of pyridine rings is 1. The Bertz CT molecular complexity index is 1520. The molecule has 39 heavy (non-hydrogen) atoms. The zero-order valence-electron chi connectivity index (χ0n) is 21.8. The first-order chi connectivity index (χ1) is 18.7. The second kappa shape index (κ2) is 10.3. The molecular formula is C29H27F3N4O2S. The molecule has 2 aromatic heterocycles. The molecule has 0 bridgehead atoms. The van der Waals surface area contributed by atoms with Crippen LogP contribution in [0.2, 0.25) is 0 Å². The molecule has 0 aliphatic carbocycles. The van der Waals surface area contributed by atoms with Crippen molar-refractivity contribution >= 4 is 23.0 Å². The lowest BCUT2D eigenvalue weighted by molar-refractivity contribution is -0.137. The van der Waals surface area contributed by atoms with E-state index in [2.05, 4.69) is 10.3 Å². The molecule has 0 saturated carbocycles. The van der Waals surface area contributed by atoms with Crippen molar-refractivity contribution in [3.8, 4) is 17.2 Å². The minimum absolute atomic E-state index is 0.0691. The summed E-state index contributed by atoms with van der Waals surface area (Å²) in [6, 6.07) is 17.7. The molecule has 10 heteroatoms. The molecule has 202 valence electrons. The number of halogens is 3. The maximum atomic E-state index is 14.0. The molecule has 1 fully saturated rings. The molecule has 1 saturated heterocycles. The van der Waals surface area contributed by atoms with Gasteiger partial charge in [0.15, 0.2) is 5.11 Å². The molecule has 0 unspecified atom stereocenters. The number of benzene rings is 2. The zero-order valence-corrected chi connectivity index (χ0v) is 22.6. The summed E-state index contributed by atoms with van der Waals surface area (Å²) in [6.45, 7) is 3.63. The Kier molecular flexibility index (Phi) is 6.98. The van der Waals surface area contributed by atoms with Crippen molar-refractivity contribution in [1.82, 2.24) is 14.9 Å². The average molecular weight is 553 g/mol. The SMILES string of the molecule is COc1ccc(OC)c(N2C(=S)N[C@@H](c3ccccn3)[C@H]2c2cc(C)n(-c3ccccc3C(F)(F)F)c2C)c1. The number of nitrogens with one attached hydrogen (secondary N) is 1. The number of anilines is 1. The molecule has 5 rings (SSSR count). The van der Waals surface area contributed by atoms with Gasteiger partial charge in [0.05, 0.1) is 48.9 Å². The van der Waals surface area contributed by atoms with Crippen molar-refractivity contribution < 1.29 is 22.6 Å². The van der Waals surface area contributed by atoms with Gasteiger partial charge in [-0.2, -0.15) is 13.2 Å². The van der Waals surface area contributed by atoms with E-state index < -0.39 is 17.8 Å². The number of nitrogens with zero attached hydrogens (tertiary/aromatic N) is 3. The van der Waals surface area contributed by atoms with Crippen LogP contribution in [0.15, 0.2) is 72.9 Å². The van der Waals surface area contributed by atoms with Gasteiger partial charge in [-0.05, 0) is 74.1 Å². The summed E-state index contributed by atoms with van der Waals surface area (Å²) in [5.41, 5.74) is 2.90. The molecule has 6 nitrogen and oxygen atoms in total. The van der Waals surface area contributed by atoms with Crippen molar-refractivity contribution in [3.05, 3.63) is 101 Å². The summed E-state index contributed by atoms with van der Waals surface area (Å²) in [5, 5.41) is 3.83. The Hall–Kier alpha value is -4.05. The number of rotatable bonds is 6. The van der Waals surface area contributed by atoms with Crippen molar-refractivity contribution in [2.24, 2.45) is 0 Å². The summed E-state index contributed by atoms with van der Waals surface area (Å²) in [5.74, 6) is 1.18. The van der Waals surface area contributed by atoms with E-state index >= 15 is 0 Å². The fraction of sp³-hybridized carbons (Fsp3) is 0.241. The number of ether oxygens (including phenoxy) is 2. The topological polar surface area (TPSA) is 51.6 Å². The fourth-order valence-electron chi connectivity index (χ4n) is 5.28. The molecular weight excluding hydrogens is 525 g/mol. The number of hydrogen-bond donors (Lipinski definition) is 1. The molecule has 2 atom stereocenters. The number of aryl methyl sites for hydroxylation is 1. The predicted molar refractivity (Wildman–Crippen MR) is 148 cm³/mol. The first-order valence-electron chi connectivity index (χ1n) is 12.2. The summed E-state index contributed by atoms with van der Waals surface area (Å²) < 4.78 is 54.8. The minimum Gasteiger partial charge on any atom is -0.497 e. The van der Waals surface area contributed by atoms with Gasteiger partial charge in [0.25, 0.3) is 0 Å². The minimum atomic E-state index is -4.51. The summed E-state index contributed by atoms with van der Waals surface area (Å²) in [7, 11) is 3.15. The Balaban J connectivity index is 1.74. The van der Waals surface area contributed by atoms with E-state index in [0.717, 1.165) is 17.3 Å². The summed E-state index contributed by atoms with van der Waals surface area (Å²) in [6.07, 6.45) is -2.80. The highest BCUT2D eigenvalue weighted by atomic mass is 32.1. The number of aromatic nitrogens is 2. The quantitative estimate of drug-likeness (QED) is 0.269. The van der Waals surface area contributed by atoms with E-state index in [-0.39, 0.29) is 11.7 Å². The molecule has 1 aliphatic rings. The number of hydrogen-bond acceptors (Lipinski definition) is 4. The molecule has 0 spiro atoms. The van der Waals surface area contributed by atoms with Crippen molar-refractivity contribution in [1.29, 1.82) is 0 Å². The Morgan fingerprint density at radius 2 is 1.67 bits per heavy atom. The van der Waals surface area contributed by atoms with Gasteiger partial charge in [0.1, 0.15) is 11.5 Å². The van der Waals surface area contributed by atoms with Crippen LogP contribution < -0.4 is 19.7 Å². The smallest absolute Gasteiger partial charge is 0.418 e. The van der Waals surface area contributed by atoms with Crippen LogP contribution in [0.4, 0.5) is 18.9 Å². The first-order valence-corrected chi connectivity index (χ1v) is 12.6. The predicted octanol–water partition coefficient (Wildman–Crippen LogP) is 6.70. The third-order valence-electron chi connectivity index (χ3n) is 6.98. The Labute approximate surface area is 230 Å². The second-order valence-electron chi connectivity index (χ2n) is 9.21. The molecule has 3 heterocycles. The van der Waals surface area contributed by atoms with E-state index in [9.17, 15) is 13.2 Å². The van der Waals surface area contributed by atoms with E-state index in [1.807, 2.05) is 42.2 Å². The number of methoxy groups -OCH3 is 2. The number of para-hydroxylation sites is 1. The first kappa shape index (κ1) is 26.6. The molecule has 4 aromatic rings. The normalized spacial score (nSPS) is 17.3. The fourth-order valence-corrected chi connectivity index (χ4v) is 5.62. The van der Waals surface area contributed by atoms with Crippen LogP contribution in [-0.4, -0.2) is 28.9 Å². The van der Waals surface area contributed by atoms with Gasteiger partial charge in [-0.15, -0.1) is 0 Å². The number of alkyl halides is 3. The molecule has 0 amide bonds. The van der Waals surface area contributed by atoms with Crippen molar-refractivity contribution in [2.45, 2.75) is 32.1 Å². The van der Waals surface area contributed by atoms with Gasteiger partial charge >= 0.3 is 6.18 Å². The van der Waals surface area contributed by atoms with Crippen LogP contribution >= 0.6 is 12.2 Å². The van der Waals surface area contributed by atoms with Crippen LogP contribution in [-0.2, 0) is 6.18 Å². The van der Waals surface area contributed by atoms with Gasteiger partial charge in [-0.3, -0.25) is 4.98 Å². The monoisotopic (exact) mass is 552 g/mol. The largest absolute Gasteiger partial charge is 0.497 e. The highest BCUT2D eigenvalue weighted by molar-refractivity contribution is 7.80. The van der Waals surface area contributed by atoms with Gasteiger partial charge in [0.2, 0.25) is 0 Å². The van der Waals surface area contributed by atoms with E-state index in [1.165, 1.54) is 12.1 Å². The van der Waals surface area contributed by atoms with E-state index in [4.69, 9.17) is 21.7 Å². The van der Waals surface area contributed by atoms with Gasteiger partial charge in [0, 0.05) is 23.7 Å². The van der Waals surface area contributed by atoms with E-state index in [1.54, 1.807) is 50.1 Å². The lowest BCUT2D eigenvalue weighted by Gasteiger charge is -2.29. The maximum Gasteiger partial charge on any atom is 0.418 e.